The molecule has 0 spiro atoms. The first kappa shape index (κ1) is 19.0. The molecular formula is C22H26N2O3. The second kappa shape index (κ2) is 9.76. The summed E-state index contributed by atoms with van der Waals surface area (Å²) in [5, 5.41) is 0. The molecule has 3 rings (SSSR count). The molecule has 1 fully saturated rings. The first-order valence-corrected chi connectivity index (χ1v) is 9.54. The molecule has 5 nitrogen and oxygen atoms in total. The fraction of sp³-hybridized carbons (Fsp3) is 0.364. The molecule has 2 aromatic carbocycles. The van der Waals surface area contributed by atoms with E-state index in [4.69, 9.17) is 4.74 Å². The smallest absolute Gasteiger partial charge is 0.253 e. The van der Waals surface area contributed by atoms with Gasteiger partial charge in [0.05, 0.1) is 6.61 Å². The van der Waals surface area contributed by atoms with Crippen molar-refractivity contribution in [1.82, 2.24) is 9.80 Å². The summed E-state index contributed by atoms with van der Waals surface area (Å²) in [4.78, 5) is 28.8. The zero-order chi connectivity index (χ0) is 18.9. The van der Waals surface area contributed by atoms with Crippen LogP contribution < -0.4 is 4.74 Å². The van der Waals surface area contributed by atoms with E-state index in [9.17, 15) is 9.59 Å². The Labute approximate surface area is 160 Å². The fourth-order valence-electron chi connectivity index (χ4n) is 3.22. The van der Waals surface area contributed by atoms with Crippen molar-refractivity contribution >= 4 is 11.8 Å². The van der Waals surface area contributed by atoms with Crippen molar-refractivity contribution in [2.24, 2.45) is 0 Å². The highest BCUT2D eigenvalue weighted by atomic mass is 16.5. The van der Waals surface area contributed by atoms with Crippen molar-refractivity contribution in [3.63, 3.8) is 0 Å². The van der Waals surface area contributed by atoms with Crippen LogP contribution in [0, 0.1) is 0 Å². The van der Waals surface area contributed by atoms with Crippen LogP contribution in [-0.2, 0) is 4.79 Å². The minimum atomic E-state index is 0.0427. The van der Waals surface area contributed by atoms with Gasteiger partial charge in [0.25, 0.3) is 5.91 Å². The van der Waals surface area contributed by atoms with Crippen LogP contribution in [-0.4, -0.2) is 54.4 Å². The molecule has 27 heavy (non-hydrogen) atoms. The standard InChI is InChI=1S/C22H26N2O3/c25-21(13-7-18-27-20-11-5-2-6-12-20)23-14-8-15-24(17-16-23)22(26)19-9-3-1-4-10-19/h1-6,9-12H,7-8,13-18H2. The lowest BCUT2D eigenvalue weighted by molar-refractivity contribution is -0.131. The van der Waals surface area contributed by atoms with Gasteiger partial charge >= 0.3 is 0 Å². The summed E-state index contributed by atoms with van der Waals surface area (Å²) >= 11 is 0. The molecule has 2 amide bonds. The maximum absolute atomic E-state index is 12.6. The molecule has 0 aliphatic carbocycles. The van der Waals surface area contributed by atoms with E-state index in [-0.39, 0.29) is 11.8 Å². The molecule has 0 radical (unpaired) electrons. The molecule has 1 saturated heterocycles. The van der Waals surface area contributed by atoms with Gasteiger partial charge in [0.15, 0.2) is 0 Å². The third-order valence-electron chi connectivity index (χ3n) is 4.70. The molecule has 0 atom stereocenters. The minimum Gasteiger partial charge on any atom is -0.494 e. The lowest BCUT2D eigenvalue weighted by Crippen LogP contribution is -2.37. The van der Waals surface area contributed by atoms with Crippen molar-refractivity contribution in [2.45, 2.75) is 19.3 Å². The molecule has 0 unspecified atom stereocenters. The highest BCUT2D eigenvalue weighted by molar-refractivity contribution is 5.94. The number of para-hydroxylation sites is 1. The molecule has 0 aromatic heterocycles. The van der Waals surface area contributed by atoms with Crippen molar-refractivity contribution < 1.29 is 14.3 Å². The number of amides is 2. The highest BCUT2D eigenvalue weighted by Crippen LogP contribution is 2.12. The van der Waals surface area contributed by atoms with Crippen molar-refractivity contribution in [3.05, 3.63) is 66.2 Å². The molecule has 5 heteroatoms. The van der Waals surface area contributed by atoms with Crippen LogP contribution in [0.4, 0.5) is 0 Å². The van der Waals surface area contributed by atoms with Crippen molar-refractivity contribution in [2.75, 3.05) is 32.8 Å². The first-order chi connectivity index (χ1) is 13.2. The van der Waals surface area contributed by atoms with E-state index in [2.05, 4.69) is 0 Å². The Morgan fingerprint density at radius 2 is 1.44 bits per heavy atom. The maximum Gasteiger partial charge on any atom is 0.253 e. The van der Waals surface area contributed by atoms with E-state index in [1.54, 1.807) is 0 Å². The predicted molar refractivity (Wildman–Crippen MR) is 105 cm³/mol. The molecule has 0 N–H and O–H groups in total. The fourth-order valence-corrected chi connectivity index (χ4v) is 3.22. The van der Waals surface area contributed by atoms with Gasteiger partial charge in [-0.05, 0) is 37.1 Å². The first-order valence-electron chi connectivity index (χ1n) is 9.54. The van der Waals surface area contributed by atoms with E-state index in [0.717, 1.165) is 12.2 Å². The quantitative estimate of drug-likeness (QED) is 0.738. The van der Waals surface area contributed by atoms with Gasteiger partial charge in [-0.15, -0.1) is 0 Å². The summed E-state index contributed by atoms with van der Waals surface area (Å²) in [6, 6.07) is 19.0. The summed E-state index contributed by atoms with van der Waals surface area (Å²) in [5.41, 5.74) is 0.704. The summed E-state index contributed by atoms with van der Waals surface area (Å²) in [7, 11) is 0. The average molecular weight is 366 g/mol. The van der Waals surface area contributed by atoms with Gasteiger partial charge in [0.2, 0.25) is 5.91 Å². The Kier molecular flexibility index (Phi) is 6.85. The number of carbonyl (C=O) groups is 2. The highest BCUT2D eigenvalue weighted by Gasteiger charge is 2.22. The number of nitrogens with zero attached hydrogens (tertiary/aromatic N) is 2. The zero-order valence-corrected chi connectivity index (χ0v) is 15.5. The third kappa shape index (κ3) is 5.58. The SMILES string of the molecule is O=C(CCCOc1ccccc1)N1CCCN(C(=O)c2ccccc2)CC1. The number of hydrogen-bond acceptors (Lipinski definition) is 3. The Balaban J connectivity index is 1.42. The number of rotatable bonds is 6. The zero-order valence-electron chi connectivity index (χ0n) is 15.5. The number of hydrogen-bond donors (Lipinski definition) is 0. The van der Waals surface area contributed by atoms with E-state index in [0.29, 0.717) is 51.2 Å². The van der Waals surface area contributed by atoms with Crippen LogP contribution in [0.15, 0.2) is 60.7 Å². The Morgan fingerprint density at radius 3 is 2.19 bits per heavy atom. The Bertz CT molecular complexity index is 734. The molecule has 1 heterocycles. The lowest BCUT2D eigenvalue weighted by Gasteiger charge is -2.22. The second-order valence-electron chi connectivity index (χ2n) is 6.66. The van der Waals surface area contributed by atoms with Crippen molar-refractivity contribution in [1.29, 1.82) is 0 Å². The average Bonchev–Trinajstić information content (AvgIpc) is 2.98. The summed E-state index contributed by atoms with van der Waals surface area (Å²) in [6.45, 7) is 3.10. The summed E-state index contributed by atoms with van der Waals surface area (Å²) < 4.78 is 5.64. The van der Waals surface area contributed by atoms with Gasteiger partial charge in [-0.2, -0.15) is 0 Å². The van der Waals surface area contributed by atoms with E-state index >= 15 is 0 Å². The summed E-state index contributed by atoms with van der Waals surface area (Å²) in [6.07, 6.45) is 1.97. The Hall–Kier alpha value is -2.82. The molecular weight excluding hydrogens is 340 g/mol. The number of ether oxygens (including phenoxy) is 1. The topological polar surface area (TPSA) is 49.9 Å². The monoisotopic (exact) mass is 366 g/mol. The van der Waals surface area contributed by atoms with Crippen LogP contribution in [0.2, 0.25) is 0 Å². The van der Waals surface area contributed by atoms with E-state index < -0.39 is 0 Å². The minimum absolute atomic E-state index is 0.0427. The maximum atomic E-state index is 12.6. The largest absolute Gasteiger partial charge is 0.494 e. The summed E-state index contributed by atoms with van der Waals surface area (Å²) in [5.74, 6) is 1.01. The van der Waals surface area contributed by atoms with Crippen LogP contribution in [0.25, 0.3) is 0 Å². The van der Waals surface area contributed by atoms with E-state index in [1.165, 1.54) is 0 Å². The van der Waals surface area contributed by atoms with Gasteiger partial charge in [0, 0.05) is 38.2 Å². The van der Waals surface area contributed by atoms with Gasteiger partial charge < -0.3 is 14.5 Å². The third-order valence-corrected chi connectivity index (χ3v) is 4.70. The molecule has 142 valence electrons. The normalized spacial score (nSPS) is 14.5. The van der Waals surface area contributed by atoms with Gasteiger partial charge in [-0.1, -0.05) is 36.4 Å². The second-order valence-corrected chi connectivity index (χ2v) is 6.66. The molecule has 1 aliphatic heterocycles. The number of carbonyl (C=O) groups excluding carboxylic acids is 2. The number of benzene rings is 2. The molecule has 0 saturated carbocycles. The van der Waals surface area contributed by atoms with Crippen molar-refractivity contribution in [3.8, 4) is 5.75 Å². The van der Waals surface area contributed by atoms with Gasteiger partial charge in [0.1, 0.15) is 5.75 Å². The Morgan fingerprint density at radius 1 is 0.815 bits per heavy atom. The van der Waals surface area contributed by atoms with Gasteiger partial charge in [-0.25, -0.2) is 0 Å². The molecule has 0 bridgehead atoms. The molecule has 2 aromatic rings. The van der Waals surface area contributed by atoms with Crippen LogP contribution in [0.5, 0.6) is 5.75 Å². The van der Waals surface area contributed by atoms with Gasteiger partial charge in [-0.3, -0.25) is 9.59 Å². The lowest BCUT2D eigenvalue weighted by atomic mass is 10.2. The molecule has 1 aliphatic rings. The van der Waals surface area contributed by atoms with Crippen LogP contribution in [0.3, 0.4) is 0 Å². The van der Waals surface area contributed by atoms with Crippen LogP contribution >= 0.6 is 0 Å². The van der Waals surface area contributed by atoms with Crippen LogP contribution in [0.1, 0.15) is 29.6 Å². The van der Waals surface area contributed by atoms with E-state index in [1.807, 2.05) is 70.5 Å². The predicted octanol–water partition coefficient (Wildman–Crippen LogP) is 3.22.